The molecular formula is C49H92NO13P. The summed E-state index contributed by atoms with van der Waals surface area (Å²) in [5, 5.41) is 22.9. The topological polar surface area (TPSA) is 215 Å². The Morgan fingerprint density at radius 3 is 1.39 bits per heavy atom. The molecule has 6 atom stereocenters. The first-order valence-electron chi connectivity index (χ1n) is 25.8. The van der Waals surface area contributed by atoms with Crippen LogP contribution in [0.25, 0.3) is 0 Å². The number of amides is 1. The highest BCUT2D eigenvalue weighted by molar-refractivity contribution is 7.46. The van der Waals surface area contributed by atoms with Crippen molar-refractivity contribution in [3.63, 3.8) is 0 Å². The Balaban J connectivity index is 3.01. The molecule has 1 amide bonds. The van der Waals surface area contributed by atoms with Crippen LogP contribution in [0.1, 0.15) is 245 Å². The van der Waals surface area contributed by atoms with Crippen LogP contribution in [0.15, 0.2) is 0 Å². The van der Waals surface area contributed by atoms with Gasteiger partial charge in [0.25, 0.3) is 0 Å². The summed E-state index contributed by atoms with van der Waals surface area (Å²) in [4.78, 5) is 72.4. The highest BCUT2D eigenvalue weighted by Gasteiger charge is 2.53. The molecule has 0 spiro atoms. The number of aliphatic hydroxyl groups excluding tert-OH is 1. The lowest BCUT2D eigenvalue weighted by atomic mass is 9.92. The number of aliphatic carboxylic acids is 1. The predicted molar refractivity (Wildman–Crippen MR) is 251 cm³/mol. The summed E-state index contributed by atoms with van der Waals surface area (Å²) < 4.78 is 34.4. The van der Waals surface area contributed by atoms with Gasteiger partial charge in [0.15, 0.2) is 12.2 Å². The minimum atomic E-state index is -5.33. The molecular weight excluding hydrogens is 842 g/mol. The first-order chi connectivity index (χ1) is 30.9. The highest BCUT2D eigenvalue weighted by Crippen LogP contribution is 2.42. The van der Waals surface area contributed by atoms with Gasteiger partial charge in [0, 0.05) is 12.8 Å². The number of rotatable bonds is 43. The number of hydrogen-bond acceptors (Lipinski definition) is 10. The summed E-state index contributed by atoms with van der Waals surface area (Å²) in [5.74, 6) is -3.49. The Morgan fingerprint density at radius 2 is 0.984 bits per heavy atom. The van der Waals surface area contributed by atoms with Crippen LogP contribution < -0.4 is 5.32 Å². The van der Waals surface area contributed by atoms with Gasteiger partial charge in [-0.3, -0.25) is 18.9 Å². The number of carbonyl (C=O) groups is 4. The third kappa shape index (κ3) is 31.0. The number of esters is 2. The molecule has 0 unspecified atom stereocenters. The van der Waals surface area contributed by atoms with E-state index in [9.17, 15) is 43.7 Å². The van der Waals surface area contributed by atoms with E-state index in [1.54, 1.807) is 0 Å². The van der Waals surface area contributed by atoms with Crippen molar-refractivity contribution in [3.05, 3.63) is 0 Å². The molecule has 1 aliphatic rings. The van der Waals surface area contributed by atoms with E-state index in [4.69, 9.17) is 18.7 Å². The van der Waals surface area contributed by atoms with Gasteiger partial charge >= 0.3 is 25.7 Å². The number of carboxylic acid groups (broad SMARTS) is 1. The van der Waals surface area contributed by atoms with Crippen LogP contribution in [-0.2, 0) is 42.5 Å². The minimum Gasteiger partial charge on any atom is -0.479 e. The molecule has 376 valence electrons. The van der Waals surface area contributed by atoms with Gasteiger partial charge in [-0.2, -0.15) is 0 Å². The standard InChI is InChI=1S/C49H92NO13P/c1-4-7-10-13-16-19-21-24-27-30-33-36-42(52)50-45-47(46(63-64(57,58)59)41(39-51)61-48(45)49(55)56)62-44(54)38-40(35-32-29-26-23-18-15-12-9-6-3)60-43(53)37-34-31-28-25-22-20-17-14-11-8-5-2/h40-41,45-48,51H,4-39H2,1-3H3,(H,50,52)(H,55,56)(H2,57,58,59)/t40-,41-,45-,46-,47-,48+/m1/s1. The third-order valence-electron chi connectivity index (χ3n) is 12.3. The number of hydrogen-bond donors (Lipinski definition) is 5. The Kier molecular flexibility index (Phi) is 36.5. The lowest BCUT2D eigenvalue weighted by Crippen LogP contribution is -2.67. The van der Waals surface area contributed by atoms with E-state index in [1.165, 1.54) is 109 Å². The van der Waals surface area contributed by atoms with Crippen molar-refractivity contribution >= 4 is 31.6 Å². The fourth-order valence-electron chi connectivity index (χ4n) is 8.54. The Morgan fingerprint density at radius 1 is 0.578 bits per heavy atom. The molecule has 0 aliphatic carbocycles. The number of ether oxygens (including phenoxy) is 3. The fourth-order valence-corrected chi connectivity index (χ4v) is 9.11. The third-order valence-corrected chi connectivity index (χ3v) is 12.8. The maximum absolute atomic E-state index is 13.8. The lowest BCUT2D eigenvalue weighted by Gasteiger charge is -2.44. The maximum atomic E-state index is 13.8. The van der Waals surface area contributed by atoms with Crippen molar-refractivity contribution < 1.29 is 62.5 Å². The van der Waals surface area contributed by atoms with Crippen molar-refractivity contribution in [2.75, 3.05) is 6.61 Å². The molecule has 0 saturated carbocycles. The zero-order valence-electron chi connectivity index (χ0n) is 40.3. The molecule has 1 aliphatic heterocycles. The van der Waals surface area contributed by atoms with E-state index in [0.717, 1.165) is 70.6 Å². The quantitative estimate of drug-likeness (QED) is 0.0219. The number of carboxylic acids is 1. The van der Waals surface area contributed by atoms with Crippen LogP contribution in [0.3, 0.4) is 0 Å². The number of nitrogens with one attached hydrogen (secondary N) is 1. The van der Waals surface area contributed by atoms with Crippen LogP contribution in [0.2, 0.25) is 0 Å². The van der Waals surface area contributed by atoms with Crippen molar-refractivity contribution in [2.45, 2.75) is 282 Å². The van der Waals surface area contributed by atoms with E-state index < -0.39 is 81.2 Å². The van der Waals surface area contributed by atoms with Gasteiger partial charge in [-0.1, -0.05) is 201 Å². The molecule has 1 rings (SSSR count). The van der Waals surface area contributed by atoms with Crippen molar-refractivity contribution in [1.82, 2.24) is 5.32 Å². The number of unbranched alkanes of at least 4 members (excludes halogenated alkanes) is 28. The smallest absolute Gasteiger partial charge is 0.470 e. The fraction of sp³-hybridized carbons (Fsp3) is 0.918. The second kappa shape index (κ2) is 39.0. The van der Waals surface area contributed by atoms with Gasteiger partial charge in [-0.25, -0.2) is 9.36 Å². The van der Waals surface area contributed by atoms with Gasteiger partial charge in [0.05, 0.1) is 13.0 Å². The van der Waals surface area contributed by atoms with Gasteiger partial charge in [0.1, 0.15) is 24.4 Å². The average Bonchev–Trinajstić information content (AvgIpc) is 3.24. The zero-order valence-corrected chi connectivity index (χ0v) is 41.2. The maximum Gasteiger partial charge on any atom is 0.470 e. The largest absolute Gasteiger partial charge is 0.479 e. The summed E-state index contributed by atoms with van der Waals surface area (Å²) in [6.45, 7) is 5.67. The molecule has 64 heavy (non-hydrogen) atoms. The second-order valence-electron chi connectivity index (χ2n) is 18.2. The molecule has 0 aromatic heterocycles. The van der Waals surface area contributed by atoms with Gasteiger partial charge in [-0.05, 0) is 25.7 Å². The van der Waals surface area contributed by atoms with Crippen LogP contribution in [-0.4, -0.2) is 87.0 Å². The summed E-state index contributed by atoms with van der Waals surface area (Å²) in [6, 6.07) is -1.62. The molecule has 5 N–H and O–H groups in total. The van der Waals surface area contributed by atoms with Crippen LogP contribution in [0.4, 0.5) is 0 Å². The van der Waals surface area contributed by atoms with Crippen molar-refractivity contribution in [3.8, 4) is 0 Å². The Hall–Kier alpha value is -2.09. The summed E-state index contributed by atoms with van der Waals surface area (Å²) in [7, 11) is -5.33. The molecule has 0 aromatic rings. The molecule has 15 heteroatoms. The summed E-state index contributed by atoms with van der Waals surface area (Å²) in [6.07, 6.45) is 26.1. The zero-order chi connectivity index (χ0) is 47.3. The van der Waals surface area contributed by atoms with Crippen molar-refractivity contribution in [2.24, 2.45) is 0 Å². The molecule has 1 fully saturated rings. The summed E-state index contributed by atoms with van der Waals surface area (Å²) >= 11 is 0. The first-order valence-corrected chi connectivity index (χ1v) is 27.3. The van der Waals surface area contributed by atoms with E-state index in [0.29, 0.717) is 25.7 Å². The number of phosphoric ester groups is 1. The van der Waals surface area contributed by atoms with Gasteiger partial charge < -0.3 is 39.5 Å². The molecule has 14 nitrogen and oxygen atoms in total. The summed E-state index contributed by atoms with van der Waals surface area (Å²) in [5.41, 5.74) is 0. The first kappa shape index (κ1) is 59.9. The van der Waals surface area contributed by atoms with Crippen LogP contribution in [0, 0.1) is 0 Å². The molecule has 0 radical (unpaired) electrons. The molecule has 0 bridgehead atoms. The number of carbonyl (C=O) groups excluding carboxylic acids is 3. The SMILES string of the molecule is CCCCCCCCCCCCCC(=O)N[C@@H]1[C@@H](OC(=O)C[C@@H](CCCCCCCCCCC)OC(=O)CCCCCCCCCCCCC)[C@H](OP(=O)(O)O)[C@@H](CO)O[C@@H]1C(=O)O. The average molecular weight is 934 g/mol. The monoisotopic (exact) mass is 934 g/mol. The van der Waals surface area contributed by atoms with Crippen LogP contribution >= 0.6 is 7.82 Å². The van der Waals surface area contributed by atoms with Gasteiger partial charge in [-0.15, -0.1) is 0 Å². The molecule has 1 saturated heterocycles. The van der Waals surface area contributed by atoms with E-state index in [2.05, 4.69) is 26.1 Å². The van der Waals surface area contributed by atoms with E-state index >= 15 is 0 Å². The Bertz CT molecular complexity index is 1250. The van der Waals surface area contributed by atoms with Gasteiger partial charge in [0.2, 0.25) is 5.91 Å². The molecule has 0 aromatic carbocycles. The predicted octanol–water partition coefficient (Wildman–Crippen LogP) is 11.3. The highest BCUT2D eigenvalue weighted by atomic mass is 31.2. The number of aliphatic hydroxyl groups is 1. The Labute approximate surface area is 387 Å². The normalized spacial score (nSPS) is 19.3. The minimum absolute atomic E-state index is 0.0316. The lowest BCUT2D eigenvalue weighted by molar-refractivity contribution is -0.215. The van der Waals surface area contributed by atoms with Crippen molar-refractivity contribution in [1.29, 1.82) is 0 Å². The van der Waals surface area contributed by atoms with E-state index in [-0.39, 0.29) is 12.8 Å². The van der Waals surface area contributed by atoms with Crippen LogP contribution in [0.5, 0.6) is 0 Å². The van der Waals surface area contributed by atoms with E-state index in [1.807, 2.05) is 0 Å². The molecule has 1 heterocycles. The second-order valence-corrected chi connectivity index (χ2v) is 19.4. The number of phosphoric acid groups is 1.